The number of likely N-dealkylation sites (N-methyl/N-ethyl adjacent to an activating group) is 1. The highest BCUT2D eigenvalue weighted by Gasteiger charge is 2.09. The number of hydrogen-bond donors (Lipinski definition) is 2. The van der Waals surface area contributed by atoms with E-state index in [0.29, 0.717) is 5.25 Å². The Morgan fingerprint density at radius 1 is 1.50 bits per heavy atom. The lowest BCUT2D eigenvalue weighted by atomic mass is 10.3. The zero-order valence-corrected chi connectivity index (χ0v) is 8.99. The van der Waals surface area contributed by atoms with Gasteiger partial charge in [0, 0.05) is 11.8 Å². The molecule has 2 unspecified atom stereocenters. The number of nitrogens with one attached hydrogen (secondary N) is 2. The molecule has 2 atom stereocenters. The summed E-state index contributed by atoms with van der Waals surface area (Å²) in [7, 11) is 1.78. The van der Waals surface area contributed by atoms with Crippen LogP contribution in [0.2, 0.25) is 0 Å². The van der Waals surface area contributed by atoms with Gasteiger partial charge in [-0.1, -0.05) is 6.92 Å². The van der Waals surface area contributed by atoms with Gasteiger partial charge in [-0.05, 0) is 20.2 Å². The first-order valence-corrected chi connectivity index (χ1v) is 5.38. The number of hydrogen-bond acceptors (Lipinski definition) is 3. The molecule has 0 heterocycles. The molecule has 0 aliphatic heterocycles. The van der Waals surface area contributed by atoms with Crippen molar-refractivity contribution in [3.63, 3.8) is 0 Å². The van der Waals surface area contributed by atoms with E-state index in [1.54, 1.807) is 18.8 Å². The zero-order chi connectivity index (χ0) is 9.56. The van der Waals surface area contributed by atoms with Crippen molar-refractivity contribution in [3.05, 3.63) is 0 Å². The van der Waals surface area contributed by atoms with E-state index in [4.69, 9.17) is 0 Å². The van der Waals surface area contributed by atoms with Crippen molar-refractivity contribution in [2.45, 2.75) is 25.1 Å². The van der Waals surface area contributed by atoms with Gasteiger partial charge in [0.1, 0.15) is 0 Å². The Hall–Kier alpha value is -0.220. The van der Waals surface area contributed by atoms with Gasteiger partial charge < -0.3 is 10.6 Å². The second kappa shape index (κ2) is 6.31. The molecule has 0 saturated carbocycles. The van der Waals surface area contributed by atoms with Crippen molar-refractivity contribution in [1.82, 2.24) is 10.6 Å². The molecule has 3 nitrogen and oxygen atoms in total. The first kappa shape index (κ1) is 11.8. The average Bonchev–Trinajstić information content (AvgIpc) is 2.11. The lowest BCUT2D eigenvalue weighted by molar-refractivity contribution is -0.122. The number of amides is 1. The molecule has 0 fully saturated rings. The van der Waals surface area contributed by atoms with Crippen LogP contribution in [0.1, 0.15) is 13.8 Å². The van der Waals surface area contributed by atoms with Crippen molar-refractivity contribution in [2.24, 2.45) is 0 Å². The molecule has 0 aliphatic rings. The van der Waals surface area contributed by atoms with Crippen LogP contribution in [0.5, 0.6) is 0 Å². The van der Waals surface area contributed by atoms with E-state index >= 15 is 0 Å². The predicted molar refractivity (Wildman–Crippen MR) is 54.5 cm³/mol. The summed E-state index contributed by atoms with van der Waals surface area (Å²) < 4.78 is 0. The fraction of sp³-hybridized carbons (Fsp3) is 0.875. The highest BCUT2D eigenvalue weighted by atomic mass is 32.2. The van der Waals surface area contributed by atoms with E-state index in [9.17, 15) is 4.79 Å². The summed E-state index contributed by atoms with van der Waals surface area (Å²) in [5, 5.41) is 6.23. The van der Waals surface area contributed by atoms with Gasteiger partial charge in [-0.15, -0.1) is 0 Å². The third kappa shape index (κ3) is 4.62. The molecule has 0 aromatic rings. The Morgan fingerprint density at radius 3 is 2.50 bits per heavy atom. The standard InChI is InChI=1S/C8H18N2OS/c1-6(12-4)5-10-8(11)7(2)9-3/h6-7,9H,5H2,1-4H3,(H,10,11). The van der Waals surface area contributed by atoms with Gasteiger partial charge in [-0.3, -0.25) is 4.79 Å². The highest BCUT2D eigenvalue weighted by molar-refractivity contribution is 7.99. The van der Waals surface area contributed by atoms with Gasteiger partial charge >= 0.3 is 0 Å². The quantitative estimate of drug-likeness (QED) is 0.662. The van der Waals surface area contributed by atoms with Crippen LogP contribution in [-0.4, -0.2) is 37.0 Å². The van der Waals surface area contributed by atoms with Crippen LogP contribution in [0, 0.1) is 0 Å². The predicted octanol–water partition coefficient (Wildman–Crippen LogP) is 0.462. The maximum absolute atomic E-state index is 11.2. The summed E-state index contributed by atoms with van der Waals surface area (Å²) in [6.45, 7) is 4.68. The topological polar surface area (TPSA) is 41.1 Å². The summed E-state index contributed by atoms with van der Waals surface area (Å²) in [6, 6.07) is -0.0981. The Kier molecular flexibility index (Phi) is 6.20. The van der Waals surface area contributed by atoms with Crippen LogP contribution in [0.4, 0.5) is 0 Å². The van der Waals surface area contributed by atoms with Gasteiger partial charge in [0.2, 0.25) is 5.91 Å². The fourth-order valence-electron chi connectivity index (χ4n) is 0.612. The van der Waals surface area contributed by atoms with E-state index in [2.05, 4.69) is 17.6 Å². The van der Waals surface area contributed by atoms with Gasteiger partial charge in [-0.25, -0.2) is 0 Å². The number of rotatable bonds is 5. The first-order valence-electron chi connectivity index (χ1n) is 4.09. The molecule has 0 aromatic carbocycles. The van der Waals surface area contributed by atoms with Crippen LogP contribution in [-0.2, 0) is 4.79 Å². The largest absolute Gasteiger partial charge is 0.354 e. The SMILES string of the molecule is CNC(C)C(=O)NCC(C)SC. The Balaban J connectivity index is 3.56. The minimum Gasteiger partial charge on any atom is -0.354 e. The monoisotopic (exact) mass is 190 g/mol. The van der Waals surface area contributed by atoms with Crippen LogP contribution in [0.25, 0.3) is 0 Å². The summed E-state index contributed by atoms with van der Waals surface area (Å²) in [6.07, 6.45) is 2.04. The summed E-state index contributed by atoms with van der Waals surface area (Å²) in [4.78, 5) is 11.2. The fourth-order valence-corrected chi connectivity index (χ4v) is 0.862. The van der Waals surface area contributed by atoms with Crippen molar-refractivity contribution in [3.8, 4) is 0 Å². The smallest absolute Gasteiger partial charge is 0.236 e. The molecule has 0 radical (unpaired) electrons. The molecule has 72 valence electrons. The van der Waals surface area contributed by atoms with Gasteiger partial charge in [0.05, 0.1) is 6.04 Å². The molecule has 0 aromatic heterocycles. The minimum atomic E-state index is -0.0981. The third-order valence-electron chi connectivity index (χ3n) is 1.79. The maximum atomic E-state index is 11.2. The summed E-state index contributed by atoms with van der Waals surface area (Å²) in [5.41, 5.74) is 0. The average molecular weight is 190 g/mol. The lowest BCUT2D eigenvalue weighted by Gasteiger charge is -2.13. The van der Waals surface area contributed by atoms with Crippen LogP contribution >= 0.6 is 11.8 Å². The molecule has 0 rings (SSSR count). The van der Waals surface area contributed by atoms with E-state index in [1.165, 1.54) is 0 Å². The first-order chi connectivity index (χ1) is 5.61. The molecule has 12 heavy (non-hydrogen) atoms. The second-order valence-corrected chi connectivity index (χ2v) is 4.08. The van der Waals surface area contributed by atoms with Crippen molar-refractivity contribution in [2.75, 3.05) is 19.8 Å². The minimum absolute atomic E-state index is 0.0680. The third-order valence-corrected chi connectivity index (χ3v) is 2.76. The van der Waals surface area contributed by atoms with E-state index < -0.39 is 0 Å². The molecule has 0 bridgehead atoms. The Morgan fingerprint density at radius 2 is 2.08 bits per heavy atom. The van der Waals surface area contributed by atoms with Crippen LogP contribution < -0.4 is 10.6 Å². The van der Waals surface area contributed by atoms with Gasteiger partial charge in [0.15, 0.2) is 0 Å². The highest BCUT2D eigenvalue weighted by Crippen LogP contribution is 2.02. The summed E-state index contributed by atoms with van der Waals surface area (Å²) in [5.74, 6) is 0.0680. The molecule has 1 amide bonds. The van der Waals surface area contributed by atoms with Crippen LogP contribution in [0.15, 0.2) is 0 Å². The zero-order valence-electron chi connectivity index (χ0n) is 8.18. The molecular weight excluding hydrogens is 172 g/mol. The number of carbonyl (C=O) groups is 1. The Labute approximate surface area is 78.7 Å². The summed E-state index contributed by atoms with van der Waals surface area (Å²) >= 11 is 1.75. The van der Waals surface area contributed by atoms with Crippen LogP contribution in [0.3, 0.4) is 0 Å². The maximum Gasteiger partial charge on any atom is 0.236 e. The molecule has 0 aliphatic carbocycles. The van der Waals surface area contributed by atoms with Gasteiger partial charge in [-0.2, -0.15) is 11.8 Å². The molecule has 0 spiro atoms. The van der Waals surface area contributed by atoms with Gasteiger partial charge in [0.25, 0.3) is 0 Å². The van der Waals surface area contributed by atoms with Crippen molar-refractivity contribution < 1.29 is 4.79 Å². The Bertz CT molecular complexity index is 141. The molecule has 2 N–H and O–H groups in total. The molecular formula is C8H18N2OS. The van der Waals surface area contributed by atoms with Crippen molar-refractivity contribution >= 4 is 17.7 Å². The second-order valence-electron chi connectivity index (χ2n) is 2.80. The van der Waals surface area contributed by atoms with E-state index in [0.717, 1.165) is 6.54 Å². The normalized spacial score (nSPS) is 15.3. The molecule has 0 saturated heterocycles. The van der Waals surface area contributed by atoms with E-state index in [-0.39, 0.29) is 11.9 Å². The van der Waals surface area contributed by atoms with Crippen molar-refractivity contribution in [1.29, 1.82) is 0 Å². The number of thioether (sulfide) groups is 1. The molecule has 4 heteroatoms. The van der Waals surface area contributed by atoms with E-state index in [1.807, 2.05) is 13.2 Å². The lowest BCUT2D eigenvalue weighted by Crippen LogP contribution is -2.42. The number of carbonyl (C=O) groups excluding carboxylic acids is 1.